The van der Waals surface area contributed by atoms with Crippen molar-refractivity contribution in [2.24, 2.45) is 0 Å². The number of anilines is 1. The van der Waals surface area contributed by atoms with E-state index in [4.69, 9.17) is 12.2 Å². The molecule has 3 rings (SSSR count). The number of aromatic nitrogens is 2. The molecular formula is C14H22N4O2S2. The molecule has 6 nitrogen and oxygen atoms in total. The molecule has 0 bridgehead atoms. The van der Waals surface area contributed by atoms with E-state index in [1.54, 1.807) is 4.68 Å². The Labute approximate surface area is 139 Å². The molecule has 1 aliphatic carbocycles. The molecule has 0 radical (unpaired) electrons. The lowest BCUT2D eigenvalue weighted by atomic mass is 10.1. The van der Waals surface area contributed by atoms with Gasteiger partial charge in [0.15, 0.2) is 3.95 Å². The first kappa shape index (κ1) is 16.0. The second kappa shape index (κ2) is 6.74. The van der Waals surface area contributed by atoms with Gasteiger partial charge in [-0.15, -0.1) is 5.10 Å². The number of hydrogen-bond donors (Lipinski definition) is 1. The molecule has 2 heterocycles. The summed E-state index contributed by atoms with van der Waals surface area (Å²) in [6.07, 6.45) is 4.19. The first-order valence-electron chi connectivity index (χ1n) is 7.89. The number of nitrogens with zero attached hydrogens (tertiary/aromatic N) is 4. The van der Waals surface area contributed by atoms with Gasteiger partial charge in [-0.05, 0) is 37.9 Å². The molecule has 2 aliphatic rings. The highest BCUT2D eigenvalue weighted by Crippen LogP contribution is 2.33. The van der Waals surface area contributed by atoms with Crippen LogP contribution in [0.5, 0.6) is 0 Å². The van der Waals surface area contributed by atoms with Crippen molar-refractivity contribution in [3.05, 3.63) is 3.95 Å². The highest BCUT2D eigenvalue weighted by molar-refractivity contribution is 7.73. The largest absolute Gasteiger partial charge is 0.392 e. The van der Waals surface area contributed by atoms with E-state index in [0.717, 1.165) is 37.4 Å². The molecule has 1 saturated heterocycles. The summed E-state index contributed by atoms with van der Waals surface area (Å²) in [7, 11) is 0. The smallest absolute Gasteiger partial charge is 0.228 e. The number of likely N-dealkylation sites (tertiary alicyclic amines) is 1. The number of aliphatic hydroxyl groups is 1. The maximum atomic E-state index is 12.2. The summed E-state index contributed by atoms with van der Waals surface area (Å²) in [6, 6.07) is 0.304. The predicted molar refractivity (Wildman–Crippen MR) is 88.6 cm³/mol. The van der Waals surface area contributed by atoms with Crippen molar-refractivity contribution < 1.29 is 9.90 Å². The lowest BCUT2D eigenvalue weighted by molar-refractivity contribution is -0.118. The Kier molecular flexibility index (Phi) is 4.91. The lowest BCUT2D eigenvalue weighted by Gasteiger charge is -2.29. The summed E-state index contributed by atoms with van der Waals surface area (Å²) in [4.78, 5) is 16.1. The third kappa shape index (κ3) is 3.56. The molecule has 1 N–H and O–H groups in total. The van der Waals surface area contributed by atoms with Gasteiger partial charge in [0, 0.05) is 25.6 Å². The second-order valence-corrected chi connectivity index (χ2v) is 7.61. The van der Waals surface area contributed by atoms with Crippen LogP contribution >= 0.6 is 23.6 Å². The van der Waals surface area contributed by atoms with Crippen molar-refractivity contribution in [2.45, 2.75) is 57.8 Å². The Hall–Kier alpha value is -0.830. The highest BCUT2D eigenvalue weighted by Gasteiger charge is 2.35. The third-order valence-corrected chi connectivity index (χ3v) is 5.41. The first-order chi connectivity index (χ1) is 10.6. The molecule has 2 fully saturated rings. The number of piperidine rings is 1. The van der Waals surface area contributed by atoms with E-state index >= 15 is 0 Å². The number of carbonyl (C=O) groups excluding carboxylic acids is 1. The van der Waals surface area contributed by atoms with Gasteiger partial charge in [0.25, 0.3) is 0 Å². The predicted octanol–water partition coefficient (Wildman–Crippen LogP) is 1.99. The van der Waals surface area contributed by atoms with Crippen molar-refractivity contribution in [1.29, 1.82) is 0 Å². The van der Waals surface area contributed by atoms with Crippen LogP contribution in [0.1, 0.15) is 39.0 Å². The number of carbonyl (C=O) groups is 1. The van der Waals surface area contributed by atoms with E-state index in [-0.39, 0.29) is 12.0 Å². The third-order valence-electron chi connectivity index (χ3n) is 4.10. The van der Waals surface area contributed by atoms with Gasteiger partial charge in [-0.2, -0.15) is 0 Å². The fourth-order valence-electron chi connectivity index (χ4n) is 2.80. The zero-order chi connectivity index (χ0) is 15.7. The van der Waals surface area contributed by atoms with Crippen molar-refractivity contribution >= 4 is 34.6 Å². The first-order valence-corrected chi connectivity index (χ1v) is 9.11. The van der Waals surface area contributed by atoms with Gasteiger partial charge in [-0.3, -0.25) is 14.6 Å². The Morgan fingerprint density at radius 1 is 1.50 bits per heavy atom. The number of β-amino-alcohol motifs (C(OH)–C–C–N with tert-alkyl or cyclic N) is 1. The van der Waals surface area contributed by atoms with Crippen LogP contribution in [-0.4, -0.2) is 50.9 Å². The van der Waals surface area contributed by atoms with Crippen LogP contribution in [0.2, 0.25) is 0 Å². The van der Waals surface area contributed by atoms with E-state index in [2.05, 4.69) is 10.00 Å². The molecule has 1 aromatic heterocycles. The maximum absolute atomic E-state index is 12.2. The Bertz CT molecular complexity index is 596. The van der Waals surface area contributed by atoms with Gasteiger partial charge < -0.3 is 5.11 Å². The van der Waals surface area contributed by atoms with Crippen molar-refractivity contribution in [1.82, 2.24) is 14.7 Å². The molecule has 1 amide bonds. The van der Waals surface area contributed by atoms with Gasteiger partial charge in [0.2, 0.25) is 11.0 Å². The number of amides is 1. The molecule has 0 aromatic carbocycles. The van der Waals surface area contributed by atoms with Crippen LogP contribution < -0.4 is 4.90 Å². The molecule has 0 unspecified atom stereocenters. The second-order valence-electron chi connectivity index (χ2n) is 6.01. The van der Waals surface area contributed by atoms with Crippen LogP contribution in [0.4, 0.5) is 5.13 Å². The van der Waals surface area contributed by atoms with E-state index in [1.807, 2.05) is 11.8 Å². The zero-order valence-electron chi connectivity index (χ0n) is 12.8. The van der Waals surface area contributed by atoms with Crippen molar-refractivity contribution in [2.75, 3.05) is 18.0 Å². The molecule has 22 heavy (non-hydrogen) atoms. The van der Waals surface area contributed by atoms with Crippen molar-refractivity contribution in [3.8, 4) is 0 Å². The number of aliphatic hydroxyl groups excluding tert-OH is 1. The van der Waals surface area contributed by atoms with Gasteiger partial charge in [-0.1, -0.05) is 18.3 Å². The van der Waals surface area contributed by atoms with Crippen molar-refractivity contribution in [3.63, 3.8) is 0 Å². The SMILES string of the molecule is CCC(=O)N(c1nn(CN2CCC[C@@H](O)C2)c(=S)s1)C1CC1. The van der Waals surface area contributed by atoms with Crippen LogP contribution in [0.15, 0.2) is 0 Å². The van der Waals surface area contributed by atoms with Crippen LogP contribution in [-0.2, 0) is 11.5 Å². The molecule has 1 aromatic rings. The summed E-state index contributed by atoms with van der Waals surface area (Å²) in [5, 5.41) is 15.1. The van der Waals surface area contributed by atoms with Gasteiger partial charge in [-0.25, -0.2) is 4.68 Å². The minimum absolute atomic E-state index is 0.117. The summed E-state index contributed by atoms with van der Waals surface area (Å²) >= 11 is 6.82. The lowest BCUT2D eigenvalue weighted by Crippen LogP contribution is -2.39. The molecule has 1 aliphatic heterocycles. The fraction of sp³-hybridized carbons (Fsp3) is 0.786. The summed E-state index contributed by atoms with van der Waals surface area (Å²) in [6.45, 7) is 4.08. The van der Waals surface area contributed by atoms with E-state index in [1.165, 1.54) is 11.3 Å². The summed E-state index contributed by atoms with van der Waals surface area (Å²) in [5.41, 5.74) is 0. The minimum atomic E-state index is -0.259. The normalized spacial score (nSPS) is 22.7. The molecule has 8 heteroatoms. The Morgan fingerprint density at radius 3 is 2.91 bits per heavy atom. The Morgan fingerprint density at radius 2 is 2.27 bits per heavy atom. The van der Waals surface area contributed by atoms with E-state index < -0.39 is 0 Å². The summed E-state index contributed by atoms with van der Waals surface area (Å²) in [5.74, 6) is 0.117. The van der Waals surface area contributed by atoms with Gasteiger partial charge >= 0.3 is 0 Å². The van der Waals surface area contributed by atoms with Gasteiger partial charge in [0.1, 0.15) is 0 Å². The standard InChI is InChI=1S/C14H22N4O2S2/c1-2-12(20)18(10-5-6-10)13-15-17(14(21)22-13)9-16-7-3-4-11(19)8-16/h10-11,19H,2-9H2,1H3/t11-/m1/s1. The fourth-order valence-corrected chi connectivity index (χ4v) is 3.97. The molecule has 1 atom stereocenters. The van der Waals surface area contributed by atoms with E-state index in [9.17, 15) is 9.90 Å². The Balaban J connectivity index is 1.75. The number of hydrogen-bond acceptors (Lipinski definition) is 6. The highest BCUT2D eigenvalue weighted by atomic mass is 32.1. The van der Waals surface area contributed by atoms with Crippen LogP contribution in [0, 0.1) is 3.95 Å². The zero-order valence-corrected chi connectivity index (χ0v) is 14.4. The number of rotatable bonds is 5. The monoisotopic (exact) mass is 342 g/mol. The summed E-state index contributed by atoms with van der Waals surface area (Å²) < 4.78 is 2.47. The van der Waals surface area contributed by atoms with Crippen LogP contribution in [0.3, 0.4) is 0 Å². The molecule has 122 valence electrons. The van der Waals surface area contributed by atoms with Gasteiger partial charge in [0.05, 0.1) is 12.8 Å². The quantitative estimate of drug-likeness (QED) is 0.829. The maximum Gasteiger partial charge on any atom is 0.228 e. The van der Waals surface area contributed by atoms with E-state index in [0.29, 0.717) is 29.6 Å². The topological polar surface area (TPSA) is 61.6 Å². The molecule has 1 saturated carbocycles. The van der Waals surface area contributed by atoms with Crippen LogP contribution in [0.25, 0.3) is 0 Å². The average Bonchev–Trinajstić information content (AvgIpc) is 3.25. The average molecular weight is 342 g/mol. The molecular weight excluding hydrogens is 320 g/mol. The molecule has 0 spiro atoms. The minimum Gasteiger partial charge on any atom is -0.392 e.